The number of oxime groups is 1. The highest BCUT2D eigenvalue weighted by molar-refractivity contribution is 5.98. The Morgan fingerprint density at radius 1 is 1.04 bits per heavy atom. The van der Waals surface area contributed by atoms with Crippen molar-refractivity contribution in [3.8, 4) is 0 Å². The Bertz CT molecular complexity index is 675. The van der Waals surface area contributed by atoms with Crippen LogP contribution in [0.4, 0.5) is 13.2 Å². The summed E-state index contributed by atoms with van der Waals surface area (Å²) in [6.07, 6.45) is -3.38. The molecule has 2 aromatic rings. The molecule has 23 heavy (non-hydrogen) atoms. The van der Waals surface area contributed by atoms with E-state index < -0.39 is 11.7 Å². The number of rotatable bonds is 5. The van der Waals surface area contributed by atoms with Crippen LogP contribution < -0.4 is 0 Å². The first-order valence-corrected chi connectivity index (χ1v) is 7.32. The van der Waals surface area contributed by atoms with E-state index in [2.05, 4.69) is 12.1 Å². The molecule has 122 valence electrons. The van der Waals surface area contributed by atoms with Crippen molar-refractivity contribution in [1.82, 2.24) is 0 Å². The molecule has 0 aromatic heterocycles. The van der Waals surface area contributed by atoms with Crippen LogP contribution >= 0.6 is 0 Å². The minimum Gasteiger partial charge on any atom is -0.391 e. The fourth-order valence-corrected chi connectivity index (χ4v) is 2.06. The van der Waals surface area contributed by atoms with Crippen molar-refractivity contribution in [2.75, 3.05) is 0 Å². The fourth-order valence-electron chi connectivity index (χ4n) is 2.06. The summed E-state index contributed by atoms with van der Waals surface area (Å²) < 4.78 is 37.4. The van der Waals surface area contributed by atoms with Gasteiger partial charge in [-0.3, -0.25) is 0 Å². The molecule has 0 aliphatic rings. The van der Waals surface area contributed by atoms with E-state index in [1.54, 1.807) is 0 Å². The summed E-state index contributed by atoms with van der Waals surface area (Å²) in [4.78, 5) is 5.24. The van der Waals surface area contributed by atoms with E-state index >= 15 is 0 Å². The third-order valence-electron chi connectivity index (χ3n) is 3.47. The van der Waals surface area contributed by atoms with Crippen molar-refractivity contribution in [3.63, 3.8) is 0 Å². The second-order valence-corrected chi connectivity index (χ2v) is 5.20. The van der Waals surface area contributed by atoms with Crippen molar-refractivity contribution >= 4 is 5.71 Å². The van der Waals surface area contributed by atoms with Crippen LogP contribution in [0, 0.1) is 0 Å². The van der Waals surface area contributed by atoms with E-state index in [0.29, 0.717) is 5.56 Å². The van der Waals surface area contributed by atoms with Crippen LogP contribution in [0.15, 0.2) is 53.7 Å². The van der Waals surface area contributed by atoms with E-state index in [9.17, 15) is 13.2 Å². The quantitative estimate of drug-likeness (QED) is 0.547. The molecular formula is C18H18F3NO. The maximum absolute atomic E-state index is 12.5. The normalized spacial score (nSPS) is 12.3. The highest BCUT2D eigenvalue weighted by atomic mass is 19.4. The van der Waals surface area contributed by atoms with Crippen LogP contribution in [0.1, 0.15) is 36.1 Å². The minimum atomic E-state index is -4.32. The number of benzene rings is 2. The molecular weight excluding hydrogens is 303 g/mol. The zero-order valence-electron chi connectivity index (χ0n) is 13.0. The zero-order chi connectivity index (χ0) is 16.9. The number of hydrogen-bond acceptors (Lipinski definition) is 2. The average molecular weight is 321 g/mol. The molecule has 0 saturated carbocycles. The number of halogens is 3. The van der Waals surface area contributed by atoms with Gasteiger partial charge in [-0.15, -0.1) is 0 Å². The first-order valence-electron chi connectivity index (χ1n) is 7.32. The average Bonchev–Trinajstić information content (AvgIpc) is 2.54. The molecule has 0 unspecified atom stereocenters. The van der Waals surface area contributed by atoms with Gasteiger partial charge in [-0.1, -0.05) is 42.4 Å². The second kappa shape index (κ2) is 7.31. The van der Waals surface area contributed by atoms with Crippen molar-refractivity contribution in [2.24, 2.45) is 5.16 Å². The fraction of sp³-hybridized carbons (Fsp3) is 0.278. The first-order chi connectivity index (χ1) is 10.9. The molecule has 5 heteroatoms. The molecule has 2 aromatic carbocycles. The lowest BCUT2D eigenvalue weighted by atomic mass is 10.1. The molecule has 0 aliphatic heterocycles. The molecule has 0 aliphatic carbocycles. The molecule has 0 heterocycles. The van der Waals surface area contributed by atoms with Crippen molar-refractivity contribution in [3.05, 3.63) is 70.8 Å². The predicted octanol–water partition coefficient (Wildman–Crippen LogP) is 5.21. The van der Waals surface area contributed by atoms with Crippen LogP contribution in [0.2, 0.25) is 0 Å². The Morgan fingerprint density at radius 2 is 1.74 bits per heavy atom. The van der Waals surface area contributed by atoms with Crippen LogP contribution in [-0.2, 0) is 24.0 Å². The van der Waals surface area contributed by atoms with Gasteiger partial charge < -0.3 is 4.84 Å². The van der Waals surface area contributed by atoms with Crippen LogP contribution in [0.5, 0.6) is 0 Å². The summed E-state index contributed by atoms with van der Waals surface area (Å²) in [5.74, 6) is 0. The van der Waals surface area contributed by atoms with Crippen molar-refractivity contribution in [2.45, 2.75) is 33.1 Å². The molecule has 0 fully saturated rings. The van der Waals surface area contributed by atoms with Crippen LogP contribution in [-0.4, -0.2) is 5.71 Å². The molecule has 0 N–H and O–H groups in total. The van der Waals surface area contributed by atoms with E-state index in [-0.39, 0.29) is 6.61 Å². The smallest absolute Gasteiger partial charge is 0.391 e. The van der Waals surface area contributed by atoms with E-state index in [4.69, 9.17) is 4.84 Å². The summed E-state index contributed by atoms with van der Waals surface area (Å²) in [6, 6.07) is 12.9. The van der Waals surface area contributed by atoms with Crippen LogP contribution in [0.3, 0.4) is 0 Å². The number of aryl methyl sites for hydroxylation is 1. The number of nitrogens with zero attached hydrogens (tertiary/aromatic N) is 1. The van der Waals surface area contributed by atoms with Crippen LogP contribution in [0.25, 0.3) is 0 Å². The Kier molecular flexibility index (Phi) is 5.42. The lowest BCUT2D eigenvalue weighted by Crippen LogP contribution is -2.04. The maximum atomic E-state index is 12.5. The molecule has 2 rings (SSSR count). The summed E-state index contributed by atoms with van der Waals surface area (Å²) in [6.45, 7) is 4.04. The SMILES string of the molecule is CCc1cccc(C(C)=NOCc2ccc(C(F)(F)F)cc2)c1. The third-order valence-corrected chi connectivity index (χ3v) is 3.47. The number of alkyl halides is 3. The van der Waals surface area contributed by atoms with Gasteiger partial charge in [0.25, 0.3) is 0 Å². The standard InChI is InChI=1S/C18H18F3NO/c1-3-14-5-4-6-16(11-14)13(2)22-23-12-15-7-9-17(10-8-15)18(19,20)21/h4-11H,3,12H2,1-2H3. The largest absolute Gasteiger partial charge is 0.416 e. The Morgan fingerprint density at radius 3 is 2.35 bits per heavy atom. The van der Waals surface area contributed by atoms with Crippen molar-refractivity contribution in [1.29, 1.82) is 0 Å². The highest BCUT2D eigenvalue weighted by Crippen LogP contribution is 2.29. The van der Waals surface area contributed by atoms with Gasteiger partial charge in [0, 0.05) is 0 Å². The van der Waals surface area contributed by atoms with Gasteiger partial charge in [-0.2, -0.15) is 13.2 Å². The topological polar surface area (TPSA) is 21.6 Å². The van der Waals surface area contributed by atoms with Gasteiger partial charge in [0.1, 0.15) is 6.61 Å². The molecule has 0 radical (unpaired) electrons. The first kappa shape index (κ1) is 17.1. The third kappa shape index (κ3) is 4.84. The Labute approximate surface area is 133 Å². The molecule has 0 spiro atoms. The van der Waals surface area contributed by atoms with Gasteiger partial charge in [-0.25, -0.2) is 0 Å². The zero-order valence-corrected chi connectivity index (χ0v) is 13.0. The Balaban J connectivity index is 1.97. The summed E-state index contributed by atoms with van der Waals surface area (Å²) in [5, 5.41) is 4.03. The summed E-state index contributed by atoms with van der Waals surface area (Å²) in [5.41, 5.74) is 2.87. The Hall–Kier alpha value is -2.30. The molecule has 0 saturated heterocycles. The molecule has 0 bridgehead atoms. The lowest BCUT2D eigenvalue weighted by molar-refractivity contribution is -0.137. The second-order valence-electron chi connectivity index (χ2n) is 5.20. The summed E-state index contributed by atoms with van der Waals surface area (Å²) in [7, 11) is 0. The summed E-state index contributed by atoms with van der Waals surface area (Å²) >= 11 is 0. The maximum Gasteiger partial charge on any atom is 0.416 e. The molecule has 2 nitrogen and oxygen atoms in total. The van der Waals surface area contributed by atoms with E-state index in [0.717, 1.165) is 29.8 Å². The molecule has 0 atom stereocenters. The van der Waals surface area contributed by atoms with Gasteiger partial charge in [0.05, 0.1) is 11.3 Å². The lowest BCUT2D eigenvalue weighted by Gasteiger charge is -2.07. The number of hydrogen-bond donors (Lipinski definition) is 0. The van der Waals surface area contributed by atoms with Crippen molar-refractivity contribution < 1.29 is 18.0 Å². The van der Waals surface area contributed by atoms with Gasteiger partial charge in [-0.05, 0) is 48.2 Å². The highest BCUT2D eigenvalue weighted by Gasteiger charge is 2.29. The van der Waals surface area contributed by atoms with E-state index in [1.165, 1.54) is 17.7 Å². The predicted molar refractivity (Wildman–Crippen MR) is 84.3 cm³/mol. The van der Waals surface area contributed by atoms with E-state index in [1.807, 2.05) is 31.2 Å². The monoisotopic (exact) mass is 321 g/mol. The van der Waals surface area contributed by atoms with Gasteiger partial charge in [0.2, 0.25) is 0 Å². The molecule has 0 amide bonds. The minimum absolute atomic E-state index is 0.128. The van der Waals surface area contributed by atoms with Gasteiger partial charge in [0.15, 0.2) is 0 Å². The van der Waals surface area contributed by atoms with Gasteiger partial charge >= 0.3 is 6.18 Å².